The van der Waals surface area contributed by atoms with Crippen LogP contribution in [-0.4, -0.2) is 49.1 Å². The Morgan fingerprint density at radius 1 is 1.03 bits per heavy atom. The van der Waals surface area contributed by atoms with Crippen LogP contribution >= 0.6 is 0 Å². The van der Waals surface area contributed by atoms with Crippen molar-refractivity contribution >= 4 is 17.4 Å². The van der Waals surface area contributed by atoms with Crippen molar-refractivity contribution < 1.29 is 28.9 Å². The molecule has 1 aliphatic rings. The van der Waals surface area contributed by atoms with Crippen LogP contribution in [0.5, 0.6) is 17.2 Å². The molecule has 0 aliphatic carbocycles. The average Bonchev–Trinajstić information content (AvgIpc) is 3.04. The van der Waals surface area contributed by atoms with Gasteiger partial charge in [0.25, 0.3) is 11.7 Å². The highest BCUT2D eigenvalue weighted by atomic mass is 16.5. The monoisotopic (exact) mass is 453 g/mol. The van der Waals surface area contributed by atoms with Crippen molar-refractivity contribution in [2.24, 2.45) is 0 Å². The quantitative estimate of drug-likeness (QED) is 0.359. The molecule has 0 aromatic heterocycles. The molecule has 1 unspecified atom stereocenters. The van der Waals surface area contributed by atoms with Crippen LogP contribution in [0.1, 0.15) is 48.6 Å². The van der Waals surface area contributed by atoms with Crippen molar-refractivity contribution in [3.8, 4) is 17.2 Å². The molecule has 0 saturated carbocycles. The maximum Gasteiger partial charge on any atom is 0.295 e. The molecule has 176 valence electrons. The summed E-state index contributed by atoms with van der Waals surface area (Å²) in [5.41, 5.74) is 2.78. The molecule has 2 aromatic rings. The summed E-state index contributed by atoms with van der Waals surface area (Å²) in [6.45, 7) is 8.41. The van der Waals surface area contributed by atoms with Gasteiger partial charge in [-0.05, 0) is 62.1 Å². The topological polar surface area (TPSA) is 85.3 Å². The van der Waals surface area contributed by atoms with Gasteiger partial charge in [-0.2, -0.15) is 0 Å². The van der Waals surface area contributed by atoms with Crippen molar-refractivity contribution in [1.82, 2.24) is 4.90 Å². The van der Waals surface area contributed by atoms with Crippen LogP contribution in [0.25, 0.3) is 5.76 Å². The number of carbonyl (C=O) groups is 2. The highest BCUT2D eigenvalue weighted by Gasteiger charge is 2.46. The van der Waals surface area contributed by atoms with Gasteiger partial charge in [-0.15, -0.1) is 0 Å². The maximum atomic E-state index is 13.2. The van der Waals surface area contributed by atoms with E-state index in [1.807, 2.05) is 33.8 Å². The molecule has 7 nitrogen and oxygen atoms in total. The normalized spacial score (nSPS) is 17.4. The van der Waals surface area contributed by atoms with E-state index in [0.29, 0.717) is 47.9 Å². The van der Waals surface area contributed by atoms with Crippen LogP contribution in [0.4, 0.5) is 0 Å². The predicted octanol–water partition coefficient (Wildman–Crippen LogP) is 4.55. The first-order chi connectivity index (χ1) is 15.8. The lowest BCUT2D eigenvalue weighted by atomic mass is 9.93. The molecule has 33 heavy (non-hydrogen) atoms. The van der Waals surface area contributed by atoms with Crippen molar-refractivity contribution in [1.29, 1.82) is 0 Å². The van der Waals surface area contributed by atoms with Crippen molar-refractivity contribution in [2.75, 3.05) is 27.4 Å². The van der Waals surface area contributed by atoms with Gasteiger partial charge in [0, 0.05) is 6.54 Å². The number of Topliss-reactive ketones (excluding diaryl/α,β-unsaturated/α-hetero) is 1. The fourth-order valence-corrected chi connectivity index (χ4v) is 4.37. The van der Waals surface area contributed by atoms with Gasteiger partial charge in [-0.1, -0.05) is 19.1 Å². The van der Waals surface area contributed by atoms with Crippen molar-refractivity contribution in [3.05, 3.63) is 58.2 Å². The van der Waals surface area contributed by atoms with Crippen LogP contribution in [0.3, 0.4) is 0 Å². The van der Waals surface area contributed by atoms with Crippen LogP contribution in [0.15, 0.2) is 35.9 Å². The number of likely N-dealkylation sites (tertiary alicyclic amines) is 1. The summed E-state index contributed by atoms with van der Waals surface area (Å²) in [6, 6.07) is 8.21. The van der Waals surface area contributed by atoms with Crippen molar-refractivity contribution in [2.45, 2.75) is 40.2 Å². The first-order valence-corrected chi connectivity index (χ1v) is 11.0. The lowest BCUT2D eigenvalue weighted by Gasteiger charge is -2.26. The number of hydrogen-bond acceptors (Lipinski definition) is 6. The number of carbonyl (C=O) groups excluding carboxylic acids is 2. The SMILES string of the molecule is CCCN1C(=O)C(=O)/C(=C(/O)c2cc(C)cc(C)c2OC)C1c1ccc(OCC)c(OC)c1. The zero-order valence-corrected chi connectivity index (χ0v) is 20.0. The molecular weight excluding hydrogens is 422 g/mol. The van der Waals surface area contributed by atoms with E-state index < -0.39 is 17.7 Å². The van der Waals surface area contributed by atoms with Gasteiger partial charge in [0.15, 0.2) is 11.5 Å². The minimum atomic E-state index is -0.764. The lowest BCUT2D eigenvalue weighted by Crippen LogP contribution is -2.30. The minimum absolute atomic E-state index is 0.0305. The molecule has 0 bridgehead atoms. The third-order valence-corrected chi connectivity index (χ3v) is 5.69. The Kier molecular flexibility index (Phi) is 7.31. The summed E-state index contributed by atoms with van der Waals surface area (Å²) in [6.07, 6.45) is 0.657. The summed E-state index contributed by atoms with van der Waals surface area (Å²) in [5, 5.41) is 11.4. The summed E-state index contributed by atoms with van der Waals surface area (Å²) in [4.78, 5) is 27.7. The molecule has 3 rings (SSSR count). The number of nitrogens with zero attached hydrogens (tertiary/aromatic N) is 1. The lowest BCUT2D eigenvalue weighted by molar-refractivity contribution is -0.139. The molecular formula is C26H31NO6. The Morgan fingerprint density at radius 3 is 2.36 bits per heavy atom. The largest absolute Gasteiger partial charge is 0.507 e. The average molecular weight is 454 g/mol. The second-order valence-electron chi connectivity index (χ2n) is 8.00. The second kappa shape index (κ2) is 9.98. The number of amides is 1. The number of methoxy groups -OCH3 is 2. The summed E-state index contributed by atoms with van der Waals surface area (Å²) < 4.78 is 16.6. The second-order valence-corrected chi connectivity index (χ2v) is 8.00. The fraction of sp³-hybridized carbons (Fsp3) is 0.385. The van der Waals surface area contributed by atoms with Gasteiger partial charge >= 0.3 is 0 Å². The van der Waals surface area contributed by atoms with Gasteiger partial charge in [0.2, 0.25) is 0 Å². The molecule has 1 heterocycles. The zero-order chi connectivity index (χ0) is 24.3. The van der Waals surface area contributed by atoms with E-state index in [2.05, 4.69) is 0 Å². The third-order valence-electron chi connectivity index (χ3n) is 5.69. The molecule has 1 saturated heterocycles. The number of aliphatic hydroxyl groups is 1. The fourth-order valence-electron chi connectivity index (χ4n) is 4.37. The summed E-state index contributed by atoms with van der Waals surface area (Å²) in [5.74, 6) is -0.108. The molecule has 0 spiro atoms. The Bertz CT molecular complexity index is 1100. The maximum absolute atomic E-state index is 13.2. The van der Waals surface area contributed by atoms with Gasteiger partial charge < -0.3 is 24.2 Å². The van der Waals surface area contributed by atoms with E-state index in [-0.39, 0.29) is 11.3 Å². The van der Waals surface area contributed by atoms with Crippen LogP contribution < -0.4 is 14.2 Å². The van der Waals surface area contributed by atoms with E-state index in [4.69, 9.17) is 14.2 Å². The molecule has 1 aliphatic heterocycles. The molecule has 0 radical (unpaired) electrons. The zero-order valence-electron chi connectivity index (χ0n) is 20.0. The first kappa shape index (κ1) is 24.2. The first-order valence-electron chi connectivity index (χ1n) is 11.0. The smallest absolute Gasteiger partial charge is 0.295 e. The highest BCUT2D eigenvalue weighted by Crippen LogP contribution is 2.43. The van der Waals surface area contributed by atoms with Gasteiger partial charge in [-0.3, -0.25) is 9.59 Å². The Labute approximate surface area is 194 Å². The standard InChI is InChI=1S/C26H31NO6/c1-7-11-27-22(17-9-10-19(33-8-2)20(14-17)31-5)21(24(29)26(27)30)23(28)18-13-15(3)12-16(4)25(18)32-6/h9-10,12-14,22,28H,7-8,11H2,1-6H3/b23-21+. The number of ether oxygens (including phenoxy) is 3. The molecule has 2 aromatic carbocycles. The van der Waals surface area contributed by atoms with Crippen LogP contribution in [0, 0.1) is 13.8 Å². The third kappa shape index (κ3) is 4.40. The van der Waals surface area contributed by atoms with E-state index >= 15 is 0 Å². The molecule has 7 heteroatoms. The Balaban J connectivity index is 2.27. The number of hydrogen-bond donors (Lipinski definition) is 1. The number of aliphatic hydroxyl groups excluding tert-OH is 1. The van der Waals surface area contributed by atoms with E-state index in [0.717, 1.165) is 11.1 Å². The van der Waals surface area contributed by atoms with E-state index in [1.165, 1.54) is 19.1 Å². The van der Waals surface area contributed by atoms with E-state index in [9.17, 15) is 14.7 Å². The van der Waals surface area contributed by atoms with Crippen LogP contribution in [0.2, 0.25) is 0 Å². The number of ketones is 1. The number of rotatable bonds is 8. The predicted molar refractivity (Wildman–Crippen MR) is 126 cm³/mol. The molecule has 1 N–H and O–H groups in total. The molecule has 1 atom stereocenters. The van der Waals surface area contributed by atoms with Gasteiger partial charge in [0.1, 0.15) is 11.5 Å². The van der Waals surface area contributed by atoms with Crippen molar-refractivity contribution in [3.63, 3.8) is 0 Å². The molecule has 1 fully saturated rings. The summed E-state index contributed by atoms with van der Waals surface area (Å²) in [7, 11) is 3.05. The Morgan fingerprint density at radius 2 is 1.76 bits per heavy atom. The van der Waals surface area contributed by atoms with Crippen LogP contribution in [-0.2, 0) is 9.59 Å². The minimum Gasteiger partial charge on any atom is -0.507 e. The number of benzene rings is 2. The van der Waals surface area contributed by atoms with Gasteiger partial charge in [0.05, 0.1) is 38.0 Å². The van der Waals surface area contributed by atoms with E-state index in [1.54, 1.807) is 24.3 Å². The number of aryl methyl sites for hydroxylation is 2. The molecule has 1 amide bonds. The summed E-state index contributed by atoms with van der Waals surface area (Å²) >= 11 is 0. The van der Waals surface area contributed by atoms with Gasteiger partial charge in [-0.25, -0.2) is 0 Å². The Hall–Kier alpha value is -3.48. The highest BCUT2D eigenvalue weighted by molar-refractivity contribution is 6.46.